The second kappa shape index (κ2) is 8.77. The summed E-state index contributed by atoms with van der Waals surface area (Å²) in [7, 11) is -3.91. The zero-order valence-electron chi connectivity index (χ0n) is 16.0. The molecule has 29 heavy (non-hydrogen) atoms. The quantitative estimate of drug-likeness (QED) is 0.581. The minimum Gasteiger partial charge on any atom is -0.322 e. The Morgan fingerprint density at radius 2 is 1.86 bits per heavy atom. The normalized spacial score (nSPS) is 11.3. The van der Waals surface area contributed by atoms with Gasteiger partial charge in [-0.1, -0.05) is 6.07 Å². The van der Waals surface area contributed by atoms with Gasteiger partial charge in [-0.3, -0.25) is 9.78 Å². The number of aryl methyl sites for hydroxylation is 1. The first kappa shape index (κ1) is 21.0. The van der Waals surface area contributed by atoms with Gasteiger partial charge < -0.3 is 5.32 Å². The van der Waals surface area contributed by atoms with Crippen molar-refractivity contribution in [2.24, 2.45) is 5.14 Å². The van der Waals surface area contributed by atoms with E-state index in [1.54, 1.807) is 37.9 Å². The van der Waals surface area contributed by atoms with Crippen LogP contribution < -0.4 is 10.5 Å². The van der Waals surface area contributed by atoms with E-state index in [9.17, 15) is 13.2 Å². The van der Waals surface area contributed by atoms with E-state index in [0.29, 0.717) is 16.8 Å². The van der Waals surface area contributed by atoms with Crippen LogP contribution in [0.3, 0.4) is 0 Å². The highest BCUT2D eigenvalue weighted by atomic mass is 32.2. The highest BCUT2D eigenvalue weighted by Crippen LogP contribution is 2.25. The average Bonchev–Trinajstić information content (AvgIpc) is 2.69. The maximum Gasteiger partial charge on any atom is 0.255 e. The molecule has 3 rings (SSSR count). The lowest BCUT2D eigenvalue weighted by atomic mass is 10.1. The average molecular weight is 428 g/mol. The third-order valence-corrected chi connectivity index (χ3v) is 6.55. The van der Waals surface area contributed by atoms with Gasteiger partial charge in [0.15, 0.2) is 0 Å². The number of nitrogens with zero attached hydrogens (tertiary/aromatic N) is 1. The molecule has 0 saturated carbocycles. The lowest BCUT2D eigenvalue weighted by molar-refractivity contribution is 0.102. The molecule has 0 atom stereocenters. The molecule has 0 bridgehead atoms. The molecule has 1 aromatic heterocycles. The Balaban J connectivity index is 1.70. The highest BCUT2D eigenvalue weighted by Gasteiger charge is 2.17. The molecular formula is C21H21N3O3S2. The molecule has 0 unspecified atom stereocenters. The molecule has 1 amide bonds. The van der Waals surface area contributed by atoms with Crippen molar-refractivity contribution >= 4 is 33.4 Å². The molecule has 1 heterocycles. The van der Waals surface area contributed by atoms with Gasteiger partial charge >= 0.3 is 0 Å². The van der Waals surface area contributed by atoms with Gasteiger partial charge in [0.2, 0.25) is 10.0 Å². The summed E-state index contributed by atoms with van der Waals surface area (Å²) in [6.45, 7) is 3.41. The number of benzene rings is 2. The standard InChI is InChI=1S/C21H21N3O3S2/c1-14-10-17(11-20(15(14)2)29(22,26)27)21(25)24-18-5-7-19(8-6-18)28-13-16-4-3-9-23-12-16/h3-12H,13H2,1-2H3,(H,24,25)(H2,22,26,27). The maximum absolute atomic E-state index is 12.6. The van der Waals surface area contributed by atoms with Crippen molar-refractivity contribution in [2.75, 3.05) is 5.32 Å². The molecular weight excluding hydrogens is 406 g/mol. The van der Waals surface area contributed by atoms with E-state index in [2.05, 4.69) is 10.3 Å². The van der Waals surface area contributed by atoms with Crippen molar-refractivity contribution in [3.8, 4) is 0 Å². The van der Waals surface area contributed by atoms with E-state index in [0.717, 1.165) is 16.2 Å². The Morgan fingerprint density at radius 1 is 1.14 bits per heavy atom. The number of nitrogens with two attached hydrogens (primary N) is 1. The Morgan fingerprint density at radius 3 is 2.48 bits per heavy atom. The molecule has 3 aromatic rings. The van der Waals surface area contributed by atoms with Crippen LogP contribution in [0, 0.1) is 13.8 Å². The van der Waals surface area contributed by atoms with Gasteiger partial charge in [0.1, 0.15) is 0 Å². The van der Waals surface area contributed by atoms with Crippen LogP contribution in [-0.2, 0) is 15.8 Å². The highest BCUT2D eigenvalue weighted by molar-refractivity contribution is 7.98. The van der Waals surface area contributed by atoms with Crippen LogP contribution in [0.2, 0.25) is 0 Å². The van der Waals surface area contributed by atoms with Gasteiger partial charge in [0.25, 0.3) is 5.91 Å². The summed E-state index contributed by atoms with van der Waals surface area (Å²) < 4.78 is 23.6. The minimum atomic E-state index is -3.91. The van der Waals surface area contributed by atoms with Crippen molar-refractivity contribution in [3.63, 3.8) is 0 Å². The van der Waals surface area contributed by atoms with Crippen molar-refractivity contribution in [3.05, 3.63) is 83.2 Å². The van der Waals surface area contributed by atoms with Gasteiger partial charge in [0.05, 0.1) is 4.90 Å². The van der Waals surface area contributed by atoms with Crippen LogP contribution in [0.25, 0.3) is 0 Å². The van der Waals surface area contributed by atoms with Crippen LogP contribution in [0.4, 0.5) is 5.69 Å². The predicted octanol–water partition coefficient (Wildman–Crippen LogP) is 3.89. The fourth-order valence-electron chi connectivity index (χ4n) is 2.74. The summed E-state index contributed by atoms with van der Waals surface area (Å²) in [5.41, 5.74) is 3.22. The first-order chi connectivity index (χ1) is 13.7. The summed E-state index contributed by atoms with van der Waals surface area (Å²) in [6, 6.07) is 14.4. The molecule has 0 radical (unpaired) electrons. The summed E-state index contributed by atoms with van der Waals surface area (Å²) in [5.74, 6) is 0.409. The summed E-state index contributed by atoms with van der Waals surface area (Å²) in [4.78, 5) is 17.7. The van der Waals surface area contributed by atoms with Crippen molar-refractivity contribution < 1.29 is 13.2 Å². The molecule has 0 aliphatic rings. The summed E-state index contributed by atoms with van der Waals surface area (Å²) in [5, 5.41) is 8.06. The van der Waals surface area contributed by atoms with Crippen molar-refractivity contribution in [1.82, 2.24) is 4.98 Å². The Labute approximate surface area is 174 Å². The van der Waals surface area contributed by atoms with Crippen LogP contribution >= 0.6 is 11.8 Å². The number of primary sulfonamides is 1. The van der Waals surface area contributed by atoms with E-state index in [1.807, 2.05) is 42.6 Å². The summed E-state index contributed by atoms with van der Waals surface area (Å²) >= 11 is 1.67. The number of sulfonamides is 1. The zero-order valence-corrected chi connectivity index (χ0v) is 17.7. The van der Waals surface area contributed by atoms with E-state index in [-0.39, 0.29) is 10.5 Å². The van der Waals surface area contributed by atoms with Gasteiger partial charge in [0, 0.05) is 34.3 Å². The number of amides is 1. The number of hydrogen-bond donors (Lipinski definition) is 2. The number of thioether (sulfide) groups is 1. The van der Waals surface area contributed by atoms with Gasteiger partial charge in [-0.15, -0.1) is 11.8 Å². The number of carbonyl (C=O) groups is 1. The lowest BCUT2D eigenvalue weighted by Crippen LogP contribution is -2.17. The fraction of sp³-hybridized carbons (Fsp3) is 0.143. The molecule has 6 nitrogen and oxygen atoms in total. The third-order valence-electron chi connectivity index (χ3n) is 4.43. The number of carbonyl (C=O) groups excluding carboxylic acids is 1. The topological polar surface area (TPSA) is 102 Å². The Bertz CT molecular complexity index is 1130. The van der Waals surface area contributed by atoms with E-state index in [4.69, 9.17) is 5.14 Å². The minimum absolute atomic E-state index is 0.0372. The van der Waals surface area contributed by atoms with Crippen LogP contribution in [0.1, 0.15) is 27.0 Å². The molecule has 8 heteroatoms. The molecule has 2 aromatic carbocycles. The zero-order chi connectivity index (χ0) is 21.0. The molecule has 0 fully saturated rings. The van der Waals surface area contributed by atoms with Crippen molar-refractivity contribution in [2.45, 2.75) is 29.4 Å². The molecule has 0 aliphatic heterocycles. The molecule has 150 valence electrons. The largest absolute Gasteiger partial charge is 0.322 e. The Hall–Kier alpha value is -2.68. The number of anilines is 1. The molecule has 0 saturated heterocycles. The summed E-state index contributed by atoms with van der Waals surface area (Å²) in [6.07, 6.45) is 3.58. The van der Waals surface area contributed by atoms with E-state index < -0.39 is 15.9 Å². The van der Waals surface area contributed by atoms with Crippen LogP contribution in [0.15, 0.2) is 70.7 Å². The van der Waals surface area contributed by atoms with E-state index in [1.165, 1.54) is 6.07 Å². The third kappa shape index (κ3) is 5.44. The van der Waals surface area contributed by atoms with Gasteiger partial charge in [-0.05, 0) is 73.0 Å². The number of hydrogen-bond acceptors (Lipinski definition) is 5. The van der Waals surface area contributed by atoms with Gasteiger partial charge in [-0.2, -0.15) is 0 Å². The predicted molar refractivity (Wildman–Crippen MR) is 115 cm³/mol. The van der Waals surface area contributed by atoms with Crippen LogP contribution in [-0.4, -0.2) is 19.3 Å². The maximum atomic E-state index is 12.6. The Kier molecular flexibility index (Phi) is 6.36. The smallest absolute Gasteiger partial charge is 0.255 e. The van der Waals surface area contributed by atoms with Crippen LogP contribution in [0.5, 0.6) is 0 Å². The SMILES string of the molecule is Cc1cc(C(=O)Nc2ccc(SCc3cccnc3)cc2)cc(S(N)(=O)=O)c1C. The monoisotopic (exact) mass is 427 g/mol. The number of pyridine rings is 1. The molecule has 0 spiro atoms. The first-order valence-corrected chi connectivity index (χ1v) is 11.3. The fourth-order valence-corrected chi connectivity index (χ4v) is 4.45. The second-order valence-electron chi connectivity index (χ2n) is 6.59. The number of nitrogens with one attached hydrogen (secondary N) is 1. The molecule has 0 aliphatic carbocycles. The lowest BCUT2D eigenvalue weighted by Gasteiger charge is -2.11. The number of aromatic nitrogens is 1. The van der Waals surface area contributed by atoms with Gasteiger partial charge in [-0.25, -0.2) is 13.6 Å². The van der Waals surface area contributed by atoms with Crippen molar-refractivity contribution in [1.29, 1.82) is 0 Å². The molecule has 3 N–H and O–H groups in total. The first-order valence-electron chi connectivity index (χ1n) is 8.81. The number of rotatable bonds is 6. The second-order valence-corrected chi connectivity index (χ2v) is 9.17. The van der Waals surface area contributed by atoms with E-state index >= 15 is 0 Å².